The Morgan fingerprint density at radius 2 is 1.80 bits per heavy atom. The highest BCUT2D eigenvalue weighted by Crippen LogP contribution is 2.31. The smallest absolute Gasteiger partial charge is 0.170 e. The van der Waals surface area contributed by atoms with Crippen molar-refractivity contribution < 1.29 is 9.21 Å². The quantitative estimate of drug-likeness (QED) is 0.764. The monoisotopic (exact) mass is 268 g/mol. The lowest BCUT2D eigenvalue weighted by Crippen LogP contribution is -2.23. The number of aryl methyl sites for hydroxylation is 3. The maximum absolute atomic E-state index is 12.8. The molecule has 1 aliphatic carbocycles. The highest BCUT2D eigenvalue weighted by atomic mass is 16.3. The molecule has 104 valence electrons. The summed E-state index contributed by atoms with van der Waals surface area (Å²) >= 11 is 0. The molecule has 3 rings (SSSR count). The maximum Gasteiger partial charge on any atom is 0.170 e. The maximum atomic E-state index is 12.8. The molecule has 0 fully saturated rings. The van der Waals surface area contributed by atoms with Crippen LogP contribution in [0.3, 0.4) is 0 Å². The van der Waals surface area contributed by atoms with Crippen LogP contribution in [-0.4, -0.2) is 5.78 Å². The Morgan fingerprint density at radius 1 is 1.10 bits per heavy atom. The van der Waals surface area contributed by atoms with Crippen molar-refractivity contribution in [1.82, 2.24) is 0 Å². The Morgan fingerprint density at radius 3 is 2.45 bits per heavy atom. The van der Waals surface area contributed by atoms with E-state index in [1.807, 2.05) is 20.8 Å². The van der Waals surface area contributed by atoms with Crippen molar-refractivity contribution in [2.24, 2.45) is 5.92 Å². The summed E-state index contributed by atoms with van der Waals surface area (Å²) in [6.07, 6.45) is 2.80. The molecule has 1 heterocycles. The Labute approximate surface area is 119 Å². The van der Waals surface area contributed by atoms with E-state index in [2.05, 4.69) is 24.3 Å². The van der Waals surface area contributed by atoms with E-state index in [0.717, 1.165) is 41.9 Å². The molecule has 0 N–H and O–H groups in total. The van der Waals surface area contributed by atoms with Gasteiger partial charge in [-0.2, -0.15) is 0 Å². The number of rotatable bonds is 2. The zero-order valence-corrected chi connectivity index (χ0v) is 12.3. The van der Waals surface area contributed by atoms with Crippen LogP contribution in [0, 0.1) is 26.7 Å². The van der Waals surface area contributed by atoms with Gasteiger partial charge < -0.3 is 4.42 Å². The second-order valence-electron chi connectivity index (χ2n) is 5.79. The number of hydrogen-bond acceptors (Lipinski definition) is 2. The lowest BCUT2D eigenvalue weighted by molar-refractivity contribution is 0.0906. The summed E-state index contributed by atoms with van der Waals surface area (Å²) in [6.45, 7) is 5.80. The fourth-order valence-electron chi connectivity index (χ4n) is 3.28. The summed E-state index contributed by atoms with van der Waals surface area (Å²) in [5.41, 5.74) is 4.54. The van der Waals surface area contributed by atoms with Gasteiger partial charge in [-0.15, -0.1) is 0 Å². The molecule has 20 heavy (non-hydrogen) atoms. The third kappa shape index (κ3) is 2.09. The molecule has 1 aromatic carbocycles. The average Bonchev–Trinajstić information content (AvgIpc) is 2.71. The third-order valence-electron chi connectivity index (χ3n) is 4.53. The first kappa shape index (κ1) is 13.2. The minimum Gasteiger partial charge on any atom is -0.466 e. The predicted molar refractivity (Wildman–Crippen MR) is 79.2 cm³/mol. The van der Waals surface area contributed by atoms with Crippen LogP contribution in [0.25, 0.3) is 0 Å². The Kier molecular flexibility index (Phi) is 3.25. The SMILES string of the molecule is Cc1oc(C)c(C(=O)C2CCc3ccccc3C2)c1C. The Hall–Kier alpha value is -1.83. The lowest BCUT2D eigenvalue weighted by Gasteiger charge is -2.23. The van der Waals surface area contributed by atoms with Gasteiger partial charge in [-0.1, -0.05) is 24.3 Å². The molecule has 1 atom stereocenters. The van der Waals surface area contributed by atoms with Crippen molar-refractivity contribution in [3.8, 4) is 0 Å². The zero-order chi connectivity index (χ0) is 14.3. The molecule has 1 unspecified atom stereocenters. The van der Waals surface area contributed by atoms with Crippen molar-refractivity contribution >= 4 is 5.78 Å². The molecule has 0 saturated carbocycles. The largest absolute Gasteiger partial charge is 0.466 e. The summed E-state index contributed by atoms with van der Waals surface area (Å²) in [4.78, 5) is 12.8. The van der Waals surface area contributed by atoms with Gasteiger partial charge in [0.25, 0.3) is 0 Å². The van der Waals surface area contributed by atoms with Crippen molar-refractivity contribution in [2.45, 2.75) is 40.0 Å². The summed E-state index contributed by atoms with van der Waals surface area (Å²) in [5, 5.41) is 0. The summed E-state index contributed by atoms with van der Waals surface area (Å²) in [7, 11) is 0. The molecule has 2 nitrogen and oxygen atoms in total. The Balaban J connectivity index is 1.90. The van der Waals surface area contributed by atoms with E-state index in [1.54, 1.807) is 0 Å². The minimum absolute atomic E-state index is 0.0966. The Bertz CT molecular complexity index is 664. The number of carbonyl (C=O) groups is 1. The van der Waals surface area contributed by atoms with E-state index in [1.165, 1.54) is 11.1 Å². The molecular weight excluding hydrogens is 248 g/mol. The number of carbonyl (C=O) groups excluding carboxylic acids is 1. The topological polar surface area (TPSA) is 30.2 Å². The first-order valence-electron chi connectivity index (χ1n) is 7.25. The van der Waals surface area contributed by atoms with Gasteiger partial charge in [-0.05, 0) is 51.2 Å². The van der Waals surface area contributed by atoms with Crippen LogP contribution >= 0.6 is 0 Å². The van der Waals surface area contributed by atoms with Crippen LogP contribution in [0.15, 0.2) is 28.7 Å². The van der Waals surface area contributed by atoms with Crippen molar-refractivity contribution in [3.05, 3.63) is 58.0 Å². The molecule has 0 radical (unpaired) electrons. The highest BCUT2D eigenvalue weighted by molar-refractivity contribution is 6.00. The molecule has 1 aliphatic rings. The van der Waals surface area contributed by atoms with Crippen LogP contribution in [0.5, 0.6) is 0 Å². The predicted octanol–water partition coefficient (Wildman–Crippen LogP) is 4.19. The minimum atomic E-state index is 0.0966. The molecule has 2 heteroatoms. The number of furan rings is 1. The standard InChI is InChI=1S/C18H20O2/c1-11-12(2)20-13(3)17(11)18(19)16-9-8-14-6-4-5-7-15(14)10-16/h4-7,16H,8-10H2,1-3H3. The van der Waals surface area contributed by atoms with Gasteiger partial charge in [0.1, 0.15) is 11.5 Å². The third-order valence-corrected chi connectivity index (χ3v) is 4.53. The van der Waals surface area contributed by atoms with E-state index in [-0.39, 0.29) is 11.7 Å². The molecule has 0 saturated heterocycles. The summed E-state index contributed by atoms with van der Waals surface area (Å²) < 4.78 is 5.61. The molecule has 0 amide bonds. The van der Waals surface area contributed by atoms with Gasteiger partial charge in [0, 0.05) is 11.5 Å². The van der Waals surface area contributed by atoms with E-state index >= 15 is 0 Å². The molecule has 0 aliphatic heterocycles. The lowest BCUT2D eigenvalue weighted by atomic mass is 9.79. The van der Waals surface area contributed by atoms with Gasteiger partial charge in [-0.3, -0.25) is 4.79 Å². The van der Waals surface area contributed by atoms with E-state index in [0.29, 0.717) is 0 Å². The van der Waals surface area contributed by atoms with E-state index in [4.69, 9.17) is 4.42 Å². The molecule has 1 aromatic heterocycles. The molecule has 2 aromatic rings. The fourth-order valence-corrected chi connectivity index (χ4v) is 3.28. The van der Waals surface area contributed by atoms with Gasteiger partial charge in [-0.25, -0.2) is 0 Å². The van der Waals surface area contributed by atoms with Crippen molar-refractivity contribution in [1.29, 1.82) is 0 Å². The van der Waals surface area contributed by atoms with Crippen LogP contribution in [0.2, 0.25) is 0 Å². The second-order valence-corrected chi connectivity index (χ2v) is 5.79. The van der Waals surface area contributed by atoms with Gasteiger partial charge >= 0.3 is 0 Å². The zero-order valence-electron chi connectivity index (χ0n) is 12.3. The van der Waals surface area contributed by atoms with Crippen molar-refractivity contribution in [3.63, 3.8) is 0 Å². The fraction of sp³-hybridized carbons (Fsp3) is 0.389. The number of ketones is 1. The summed E-state index contributed by atoms with van der Waals surface area (Å²) in [5.74, 6) is 1.98. The number of Topliss-reactive ketones (excluding diaryl/α,β-unsaturated/α-hetero) is 1. The average molecular weight is 268 g/mol. The number of hydrogen-bond donors (Lipinski definition) is 0. The van der Waals surface area contributed by atoms with E-state index < -0.39 is 0 Å². The molecule has 0 spiro atoms. The number of benzene rings is 1. The molecule has 0 bridgehead atoms. The van der Waals surface area contributed by atoms with Gasteiger partial charge in [0.15, 0.2) is 5.78 Å². The van der Waals surface area contributed by atoms with Crippen LogP contribution < -0.4 is 0 Å². The first-order chi connectivity index (χ1) is 9.58. The number of fused-ring (bicyclic) bond motifs is 1. The highest BCUT2D eigenvalue weighted by Gasteiger charge is 2.29. The first-order valence-corrected chi connectivity index (χ1v) is 7.25. The second kappa shape index (κ2) is 4.93. The normalized spacial score (nSPS) is 17.9. The van der Waals surface area contributed by atoms with Crippen LogP contribution in [0.1, 0.15) is 45.0 Å². The van der Waals surface area contributed by atoms with E-state index in [9.17, 15) is 4.79 Å². The molecular formula is C18H20O2. The van der Waals surface area contributed by atoms with Crippen molar-refractivity contribution in [2.75, 3.05) is 0 Å². The van der Waals surface area contributed by atoms with Crippen LogP contribution in [0.4, 0.5) is 0 Å². The van der Waals surface area contributed by atoms with Crippen LogP contribution in [-0.2, 0) is 12.8 Å². The van der Waals surface area contributed by atoms with Gasteiger partial charge in [0.2, 0.25) is 0 Å². The van der Waals surface area contributed by atoms with Gasteiger partial charge in [0.05, 0.1) is 5.56 Å². The summed E-state index contributed by atoms with van der Waals surface area (Å²) in [6, 6.07) is 8.46.